The van der Waals surface area contributed by atoms with Gasteiger partial charge in [-0.05, 0) is 64.2 Å². The minimum Gasteiger partial charge on any atom is -0.487 e. The van der Waals surface area contributed by atoms with Crippen LogP contribution in [0.15, 0.2) is 200 Å². The Morgan fingerprint density at radius 2 is 1.09 bits per heavy atom. The van der Waals surface area contributed by atoms with Crippen LogP contribution in [-0.4, -0.2) is 21.1 Å². The van der Waals surface area contributed by atoms with Crippen LogP contribution >= 0.6 is 0 Å². The molecule has 0 fully saturated rings. The summed E-state index contributed by atoms with van der Waals surface area (Å²) in [7, 11) is 0. The van der Waals surface area contributed by atoms with Crippen molar-refractivity contribution in [2.45, 2.75) is 6.42 Å². The standard InChI is InChI=1S/C52H37N3O/c1-5-16-36(17-6-1)40-28-30-48-45(33-40)44-29-27-41(37-18-7-2-8-19-37)34-50(44)55(48)49-26-15-25-43-32-42(24-13-14-31-56-51(43)49)47-35-46(38-20-9-3-10-21-38)53-52(54-47)39-22-11-4-12-23-39/h1-30,33-35H,31-32H2/b14-13-,42-24+. The Bertz CT molecular complexity index is 2850. The molecular formula is C52H37N3O. The molecule has 7 aromatic carbocycles. The monoisotopic (exact) mass is 719 g/mol. The van der Waals surface area contributed by atoms with Crippen LogP contribution in [0.1, 0.15) is 11.3 Å². The Balaban J connectivity index is 1.15. The van der Waals surface area contributed by atoms with Gasteiger partial charge in [0.2, 0.25) is 0 Å². The van der Waals surface area contributed by atoms with Gasteiger partial charge in [-0.15, -0.1) is 0 Å². The van der Waals surface area contributed by atoms with Gasteiger partial charge >= 0.3 is 0 Å². The number of hydrogen-bond donors (Lipinski definition) is 0. The molecule has 0 amide bonds. The van der Waals surface area contributed by atoms with E-state index in [4.69, 9.17) is 14.7 Å². The van der Waals surface area contributed by atoms with Crippen molar-refractivity contribution in [2.75, 3.05) is 6.61 Å². The number of nitrogens with zero attached hydrogens (tertiary/aromatic N) is 3. The average molecular weight is 720 g/mol. The zero-order valence-electron chi connectivity index (χ0n) is 30.7. The highest BCUT2D eigenvalue weighted by Crippen LogP contribution is 2.41. The first-order valence-electron chi connectivity index (χ1n) is 19.1. The fourth-order valence-electron chi connectivity index (χ4n) is 7.85. The zero-order chi connectivity index (χ0) is 37.3. The molecule has 1 aliphatic heterocycles. The van der Waals surface area contributed by atoms with E-state index in [0.717, 1.165) is 56.1 Å². The molecule has 0 radical (unpaired) electrons. The van der Waals surface area contributed by atoms with E-state index in [2.05, 4.69) is 181 Å². The number of hydrogen-bond acceptors (Lipinski definition) is 3. The summed E-state index contributed by atoms with van der Waals surface area (Å²) in [6, 6.07) is 64.1. The van der Waals surface area contributed by atoms with Crippen molar-refractivity contribution in [2.24, 2.45) is 0 Å². The summed E-state index contributed by atoms with van der Waals surface area (Å²) in [5.74, 6) is 1.56. The van der Waals surface area contributed by atoms with Gasteiger partial charge in [0.1, 0.15) is 12.4 Å². The van der Waals surface area contributed by atoms with E-state index in [-0.39, 0.29) is 0 Å². The molecule has 0 saturated carbocycles. The maximum atomic E-state index is 6.77. The maximum Gasteiger partial charge on any atom is 0.160 e. The quantitative estimate of drug-likeness (QED) is 0.172. The van der Waals surface area contributed by atoms with E-state index in [0.29, 0.717) is 18.9 Å². The predicted molar refractivity (Wildman–Crippen MR) is 231 cm³/mol. The number of ether oxygens (including phenoxy) is 1. The molecule has 0 N–H and O–H groups in total. The SMILES string of the molecule is C1=C\COc2c(cccc2-n2c3ccc(-c4ccccc4)cc3c3ccc(-c4ccccc4)cc32)C\C(c2cc(-c3ccccc3)nc(-c3ccccc3)n2)=C/1. The van der Waals surface area contributed by atoms with E-state index in [9.17, 15) is 0 Å². The maximum absolute atomic E-state index is 6.77. The Kier molecular flexibility index (Phi) is 8.62. The van der Waals surface area contributed by atoms with Crippen LogP contribution in [0.4, 0.5) is 0 Å². The number of para-hydroxylation sites is 1. The third-order valence-corrected chi connectivity index (χ3v) is 10.6. The van der Waals surface area contributed by atoms with Gasteiger partial charge in [-0.3, -0.25) is 0 Å². The van der Waals surface area contributed by atoms with Crippen LogP contribution in [0.25, 0.3) is 78.0 Å². The molecule has 4 nitrogen and oxygen atoms in total. The van der Waals surface area contributed by atoms with Gasteiger partial charge in [-0.25, -0.2) is 9.97 Å². The highest BCUT2D eigenvalue weighted by molar-refractivity contribution is 6.11. The first kappa shape index (κ1) is 33.3. The molecule has 0 aliphatic carbocycles. The summed E-state index contributed by atoms with van der Waals surface area (Å²) in [6.45, 7) is 0.437. The van der Waals surface area contributed by atoms with Gasteiger partial charge in [0.15, 0.2) is 5.82 Å². The van der Waals surface area contributed by atoms with Crippen LogP contribution in [0.2, 0.25) is 0 Å². The normalized spacial score (nSPS) is 14.2. The van der Waals surface area contributed by atoms with Crippen molar-refractivity contribution in [3.63, 3.8) is 0 Å². The number of aromatic nitrogens is 3. The highest BCUT2D eigenvalue weighted by Gasteiger charge is 2.21. The summed E-state index contributed by atoms with van der Waals surface area (Å²) in [5.41, 5.74) is 14.0. The van der Waals surface area contributed by atoms with Crippen molar-refractivity contribution in [3.8, 4) is 56.3 Å². The molecule has 266 valence electrons. The largest absolute Gasteiger partial charge is 0.487 e. The molecule has 3 heterocycles. The minimum absolute atomic E-state index is 0.437. The molecule has 1 aliphatic rings. The molecule has 9 aromatic rings. The van der Waals surface area contributed by atoms with Gasteiger partial charge in [-0.1, -0.05) is 164 Å². The van der Waals surface area contributed by atoms with Crippen molar-refractivity contribution in [1.82, 2.24) is 14.5 Å². The van der Waals surface area contributed by atoms with Crippen molar-refractivity contribution in [3.05, 3.63) is 211 Å². The summed E-state index contributed by atoms with van der Waals surface area (Å²) in [6.07, 6.45) is 6.96. The average Bonchev–Trinajstić information content (AvgIpc) is 3.65. The third kappa shape index (κ3) is 6.27. The molecule has 0 bridgehead atoms. The summed E-state index contributed by atoms with van der Waals surface area (Å²) in [5, 5.41) is 2.39. The summed E-state index contributed by atoms with van der Waals surface area (Å²) < 4.78 is 9.16. The Hall–Kier alpha value is -7.30. The van der Waals surface area contributed by atoms with Gasteiger partial charge in [-0.2, -0.15) is 0 Å². The molecule has 2 aromatic heterocycles. The van der Waals surface area contributed by atoms with Crippen LogP contribution in [0.3, 0.4) is 0 Å². The smallest absolute Gasteiger partial charge is 0.160 e. The Morgan fingerprint density at radius 3 is 1.80 bits per heavy atom. The lowest BCUT2D eigenvalue weighted by Gasteiger charge is -2.18. The van der Waals surface area contributed by atoms with E-state index < -0.39 is 0 Å². The second-order valence-electron chi connectivity index (χ2n) is 14.1. The van der Waals surface area contributed by atoms with E-state index in [1.54, 1.807) is 0 Å². The van der Waals surface area contributed by atoms with Crippen molar-refractivity contribution < 1.29 is 4.74 Å². The lowest BCUT2D eigenvalue weighted by Crippen LogP contribution is -2.05. The molecular weight excluding hydrogens is 683 g/mol. The fraction of sp³-hybridized carbons (Fsp3) is 0.0385. The van der Waals surface area contributed by atoms with Crippen LogP contribution < -0.4 is 4.74 Å². The minimum atomic E-state index is 0.437. The highest BCUT2D eigenvalue weighted by atomic mass is 16.5. The van der Waals surface area contributed by atoms with Crippen LogP contribution in [-0.2, 0) is 6.42 Å². The van der Waals surface area contributed by atoms with E-state index in [1.165, 1.54) is 33.0 Å². The number of fused-ring (bicyclic) bond motifs is 4. The number of rotatable bonds is 6. The summed E-state index contributed by atoms with van der Waals surface area (Å²) >= 11 is 0. The lowest BCUT2D eigenvalue weighted by atomic mass is 9.98. The molecule has 56 heavy (non-hydrogen) atoms. The van der Waals surface area contributed by atoms with Crippen LogP contribution in [0.5, 0.6) is 5.75 Å². The zero-order valence-corrected chi connectivity index (χ0v) is 30.7. The van der Waals surface area contributed by atoms with Crippen molar-refractivity contribution in [1.29, 1.82) is 0 Å². The predicted octanol–water partition coefficient (Wildman–Crippen LogP) is 12.8. The molecule has 0 saturated heterocycles. The number of allylic oxidation sites excluding steroid dienone is 3. The second-order valence-corrected chi connectivity index (χ2v) is 14.1. The molecule has 10 rings (SSSR count). The van der Waals surface area contributed by atoms with Gasteiger partial charge in [0.25, 0.3) is 0 Å². The number of benzene rings is 7. The molecule has 4 heteroatoms. The summed E-state index contributed by atoms with van der Waals surface area (Å²) in [4.78, 5) is 10.2. The van der Waals surface area contributed by atoms with Gasteiger partial charge in [0.05, 0.1) is 28.1 Å². The van der Waals surface area contributed by atoms with Gasteiger partial charge in [0, 0.05) is 33.9 Å². The molecule has 0 atom stereocenters. The fourth-order valence-corrected chi connectivity index (χ4v) is 7.85. The third-order valence-electron chi connectivity index (χ3n) is 10.6. The topological polar surface area (TPSA) is 39.9 Å². The van der Waals surface area contributed by atoms with Gasteiger partial charge < -0.3 is 9.30 Å². The van der Waals surface area contributed by atoms with E-state index >= 15 is 0 Å². The molecule has 0 unspecified atom stereocenters. The first-order chi connectivity index (χ1) is 27.8. The Morgan fingerprint density at radius 1 is 0.464 bits per heavy atom. The molecule has 0 spiro atoms. The Labute approximate surface area is 326 Å². The lowest BCUT2D eigenvalue weighted by molar-refractivity contribution is 0.359. The van der Waals surface area contributed by atoms with Crippen LogP contribution in [0, 0.1) is 0 Å². The first-order valence-corrected chi connectivity index (χ1v) is 19.1. The van der Waals surface area contributed by atoms with Crippen molar-refractivity contribution >= 4 is 27.4 Å². The van der Waals surface area contributed by atoms with E-state index in [1.807, 2.05) is 24.3 Å². The second kappa shape index (κ2) is 14.5.